The van der Waals surface area contributed by atoms with Crippen molar-refractivity contribution in [2.24, 2.45) is 10.8 Å². The molecule has 70 valence electrons. The van der Waals surface area contributed by atoms with Gasteiger partial charge in [-0.1, -0.05) is 27.7 Å². The smallest absolute Gasteiger partial charge is 0.0926 e. The van der Waals surface area contributed by atoms with E-state index >= 15 is 0 Å². The van der Waals surface area contributed by atoms with Crippen LogP contribution in [-0.2, 0) is 4.74 Å². The van der Waals surface area contributed by atoms with Crippen molar-refractivity contribution in [1.82, 2.24) is 0 Å². The molecule has 0 aromatic carbocycles. The summed E-state index contributed by atoms with van der Waals surface area (Å²) in [6.07, 6.45) is 4.58. The SMILES string of the molecule is COC1=CC(C)(C)CC(C)(C)C1. The van der Waals surface area contributed by atoms with Crippen molar-refractivity contribution in [3.63, 3.8) is 0 Å². The van der Waals surface area contributed by atoms with Gasteiger partial charge in [-0.2, -0.15) is 0 Å². The predicted octanol–water partition coefficient (Wildman–Crippen LogP) is 3.36. The Morgan fingerprint density at radius 1 is 1.25 bits per heavy atom. The summed E-state index contributed by atoms with van der Waals surface area (Å²) in [7, 11) is 1.77. The first kappa shape index (κ1) is 9.63. The Morgan fingerprint density at radius 3 is 2.25 bits per heavy atom. The van der Waals surface area contributed by atoms with Crippen LogP contribution in [0.4, 0.5) is 0 Å². The summed E-state index contributed by atoms with van der Waals surface area (Å²) >= 11 is 0. The molecule has 0 fully saturated rings. The highest BCUT2D eigenvalue weighted by Gasteiger charge is 2.33. The molecular formula is C11H20O. The van der Waals surface area contributed by atoms with Gasteiger partial charge in [-0.15, -0.1) is 0 Å². The van der Waals surface area contributed by atoms with Crippen LogP contribution in [0.3, 0.4) is 0 Å². The van der Waals surface area contributed by atoms with Gasteiger partial charge in [0.1, 0.15) is 0 Å². The van der Waals surface area contributed by atoms with E-state index in [1.807, 2.05) is 0 Å². The van der Waals surface area contributed by atoms with Gasteiger partial charge in [0, 0.05) is 6.42 Å². The molecule has 0 amide bonds. The van der Waals surface area contributed by atoms with Crippen LogP contribution in [0.25, 0.3) is 0 Å². The molecule has 1 aliphatic rings. The summed E-state index contributed by atoms with van der Waals surface area (Å²) < 4.78 is 5.32. The number of allylic oxidation sites excluding steroid dienone is 2. The number of ether oxygens (including phenoxy) is 1. The number of hydrogen-bond acceptors (Lipinski definition) is 1. The van der Waals surface area contributed by atoms with Crippen LogP contribution >= 0.6 is 0 Å². The van der Waals surface area contributed by atoms with Gasteiger partial charge < -0.3 is 4.74 Å². The van der Waals surface area contributed by atoms with Crippen molar-refractivity contribution in [2.75, 3.05) is 7.11 Å². The second-order valence-electron chi connectivity index (χ2n) is 5.32. The molecule has 1 heteroatoms. The molecule has 1 aliphatic carbocycles. The van der Waals surface area contributed by atoms with Crippen molar-refractivity contribution in [3.8, 4) is 0 Å². The van der Waals surface area contributed by atoms with Crippen LogP contribution in [0.5, 0.6) is 0 Å². The van der Waals surface area contributed by atoms with E-state index in [1.54, 1.807) is 7.11 Å². The molecule has 0 aliphatic heterocycles. The van der Waals surface area contributed by atoms with E-state index in [2.05, 4.69) is 33.8 Å². The van der Waals surface area contributed by atoms with Gasteiger partial charge in [0.2, 0.25) is 0 Å². The third kappa shape index (κ3) is 2.26. The second-order valence-corrected chi connectivity index (χ2v) is 5.32. The molecule has 0 aromatic rings. The molecule has 1 nitrogen and oxygen atoms in total. The van der Waals surface area contributed by atoms with Crippen LogP contribution < -0.4 is 0 Å². The fraction of sp³-hybridized carbons (Fsp3) is 0.818. The summed E-state index contributed by atoms with van der Waals surface area (Å²) in [5.41, 5.74) is 0.691. The Labute approximate surface area is 75.8 Å². The third-order valence-electron chi connectivity index (χ3n) is 2.40. The molecule has 0 unspecified atom stereocenters. The van der Waals surface area contributed by atoms with Crippen LogP contribution in [0, 0.1) is 10.8 Å². The van der Waals surface area contributed by atoms with Gasteiger partial charge in [-0.25, -0.2) is 0 Å². The normalized spacial score (nSPS) is 26.2. The van der Waals surface area contributed by atoms with Crippen molar-refractivity contribution in [1.29, 1.82) is 0 Å². The molecule has 1 rings (SSSR count). The van der Waals surface area contributed by atoms with E-state index in [4.69, 9.17) is 4.74 Å². The fourth-order valence-corrected chi connectivity index (χ4v) is 2.44. The Bertz CT molecular complexity index is 199. The predicted molar refractivity (Wildman–Crippen MR) is 51.9 cm³/mol. The molecule has 0 heterocycles. The highest BCUT2D eigenvalue weighted by Crippen LogP contribution is 2.44. The largest absolute Gasteiger partial charge is 0.501 e. The topological polar surface area (TPSA) is 9.23 Å². The summed E-state index contributed by atoms with van der Waals surface area (Å²) in [5.74, 6) is 1.15. The Kier molecular flexibility index (Phi) is 2.24. The first-order chi connectivity index (χ1) is 5.35. The maximum Gasteiger partial charge on any atom is 0.0926 e. The average molecular weight is 168 g/mol. The van der Waals surface area contributed by atoms with Gasteiger partial charge >= 0.3 is 0 Å². The first-order valence-electron chi connectivity index (χ1n) is 4.60. The third-order valence-corrected chi connectivity index (χ3v) is 2.40. The van der Waals surface area contributed by atoms with Gasteiger partial charge in [-0.05, 0) is 23.3 Å². The van der Waals surface area contributed by atoms with Gasteiger partial charge in [0.05, 0.1) is 12.9 Å². The van der Waals surface area contributed by atoms with Crippen LogP contribution in [0.15, 0.2) is 11.8 Å². The van der Waals surface area contributed by atoms with E-state index < -0.39 is 0 Å². The molecule has 0 aromatic heterocycles. The standard InChI is InChI=1S/C11H20O/c1-10(2)6-9(12-5)7-11(3,4)8-10/h6H,7-8H2,1-5H3. The maximum absolute atomic E-state index is 5.32. The van der Waals surface area contributed by atoms with Gasteiger partial charge in [0.15, 0.2) is 0 Å². The van der Waals surface area contributed by atoms with Crippen molar-refractivity contribution in [2.45, 2.75) is 40.5 Å². The van der Waals surface area contributed by atoms with Crippen molar-refractivity contribution < 1.29 is 4.74 Å². The quantitative estimate of drug-likeness (QED) is 0.583. The molecular weight excluding hydrogens is 148 g/mol. The summed E-state index contributed by atoms with van der Waals surface area (Å²) in [6, 6.07) is 0. The minimum absolute atomic E-state index is 0.299. The van der Waals surface area contributed by atoms with Crippen molar-refractivity contribution >= 4 is 0 Å². The average Bonchev–Trinajstić information content (AvgIpc) is 1.80. The van der Waals surface area contributed by atoms with E-state index in [0.29, 0.717) is 10.8 Å². The zero-order valence-electron chi connectivity index (χ0n) is 8.90. The number of methoxy groups -OCH3 is 1. The number of rotatable bonds is 1. The van der Waals surface area contributed by atoms with Crippen LogP contribution in [0.1, 0.15) is 40.5 Å². The number of hydrogen-bond donors (Lipinski definition) is 0. The van der Waals surface area contributed by atoms with E-state index in [1.165, 1.54) is 6.42 Å². The van der Waals surface area contributed by atoms with E-state index in [9.17, 15) is 0 Å². The Balaban J connectivity index is 2.86. The summed E-state index contributed by atoms with van der Waals surface area (Å²) in [5, 5.41) is 0. The minimum atomic E-state index is 0.299. The van der Waals surface area contributed by atoms with Gasteiger partial charge in [0.25, 0.3) is 0 Å². The van der Waals surface area contributed by atoms with E-state index in [0.717, 1.165) is 12.2 Å². The molecule has 0 bridgehead atoms. The van der Waals surface area contributed by atoms with Crippen LogP contribution in [0.2, 0.25) is 0 Å². The maximum atomic E-state index is 5.32. The lowest BCUT2D eigenvalue weighted by molar-refractivity contribution is 0.151. The molecule has 0 N–H and O–H groups in total. The monoisotopic (exact) mass is 168 g/mol. The molecule has 0 saturated heterocycles. The highest BCUT2D eigenvalue weighted by molar-refractivity contribution is 5.10. The zero-order valence-corrected chi connectivity index (χ0v) is 8.90. The lowest BCUT2D eigenvalue weighted by Crippen LogP contribution is -2.27. The summed E-state index contributed by atoms with van der Waals surface area (Å²) in [6.45, 7) is 9.15. The lowest BCUT2D eigenvalue weighted by Gasteiger charge is -2.38. The molecule has 0 spiro atoms. The minimum Gasteiger partial charge on any atom is -0.501 e. The fourth-order valence-electron chi connectivity index (χ4n) is 2.44. The first-order valence-corrected chi connectivity index (χ1v) is 4.60. The van der Waals surface area contributed by atoms with E-state index in [-0.39, 0.29) is 0 Å². The Hall–Kier alpha value is -0.460. The molecule has 12 heavy (non-hydrogen) atoms. The zero-order chi connectivity index (χ0) is 9.41. The highest BCUT2D eigenvalue weighted by atomic mass is 16.5. The van der Waals surface area contributed by atoms with Crippen LogP contribution in [-0.4, -0.2) is 7.11 Å². The molecule has 0 radical (unpaired) electrons. The molecule has 0 atom stereocenters. The summed E-state index contributed by atoms with van der Waals surface area (Å²) in [4.78, 5) is 0. The van der Waals surface area contributed by atoms with Gasteiger partial charge in [-0.3, -0.25) is 0 Å². The lowest BCUT2D eigenvalue weighted by atomic mass is 9.69. The van der Waals surface area contributed by atoms with Crippen molar-refractivity contribution in [3.05, 3.63) is 11.8 Å². The second kappa shape index (κ2) is 2.79. The molecule has 0 saturated carbocycles. The Morgan fingerprint density at radius 2 is 1.83 bits per heavy atom.